The number of carbonyl (C=O) groups is 4. The zero-order chi connectivity index (χ0) is 20.4. The quantitative estimate of drug-likeness (QED) is 0.356. The number of hydrogen-bond acceptors (Lipinski definition) is 5. The van der Waals surface area contributed by atoms with Gasteiger partial charge in [-0.2, -0.15) is 0 Å². The van der Waals surface area contributed by atoms with Crippen LogP contribution in [0.25, 0.3) is 0 Å². The van der Waals surface area contributed by atoms with Crippen molar-refractivity contribution in [2.24, 2.45) is 0 Å². The van der Waals surface area contributed by atoms with Crippen LogP contribution < -0.4 is 0 Å². The third kappa shape index (κ3) is 6.70. The van der Waals surface area contributed by atoms with E-state index in [9.17, 15) is 19.2 Å². The van der Waals surface area contributed by atoms with Crippen molar-refractivity contribution in [3.63, 3.8) is 0 Å². The second kappa shape index (κ2) is 11.1. The van der Waals surface area contributed by atoms with Gasteiger partial charge < -0.3 is 19.6 Å². The van der Waals surface area contributed by atoms with E-state index in [0.29, 0.717) is 13.0 Å². The minimum Gasteiger partial charge on any atom is -0.480 e. The molecule has 0 aliphatic heterocycles. The van der Waals surface area contributed by atoms with E-state index in [1.54, 1.807) is 13.8 Å². The molecule has 0 unspecified atom stereocenters. The summed E-state index contributed by atoms with van der Waals surface area (Å²) >= 11 is 0. The summed E-state index contributed by atoms with van der Waals surface area (Å²) in [4.78, 5) is 49.6. The lowest BCUT2D eigenvalue weighted by molar-refractivity contribution is -0.149. The molecule has 0 rings (SSSR count). The zero-order valence-corrected chi connectivity index (χ0v) is 16.0. The van der Waals surface area contributed by atoms with Crippen molar-refractivity contribution in [1.29, 1.82) is 0 Å². The minimum atomic E-state index is -1.13. The molecule has 0 heterocycles. The maximum absolute atomic E-state index is 12.2. The van der Waals surface area contributed by atoms with E-state index in [0.717, 1.165) is 23.3 Å². The Balaban J connectivity index is 5.00. The van der Waals surface area contributed by atoms with Crippen LogP contribution in [0, 0.1) is 0 Å². The number of ether oxygens (including phenoxy) is 1. The van der Waals surface area contributed by atoms with Crippen molar-refractivity contribution in [1.82, 2.24) is 9.80 Å². The first-order valence-corrected chi connectivity index (χ1v) is 8.43. The standard InChI is InChI=1S/C18H28N2O6/c1-7-10-19(15(21)8-2)14(6)18(25)26-11-9-16(22)20(12(3)4)13(5)17(23)24/h8-9,11-14H,2,7,10H2,1,3-6H3,(H,23,24)/b11-9+/t13-,14-/m1/s1. The monoisotopic (exact) mass is 368 g/mol. The molecule has 8 heteroatoms. The summed E-state index contributed by atoms with van der Waals surface area (Å²) < 4.78 is 4.92. The molecule has 146 valence electrons. The third-order valence-electron chi connectivity index (χ3n) is 3.71. The van der Waals surface area contributed by atoms with Crippen LogP contribution in [0.1, 0.15) is 41.0 Å². The average molecular weight is 368 g/mol. The van der Waals surface area contributed by atoms with Gasteiger partial charge in [0.05, 0.1) is 6.26 Å². The topological polar surface area (TPSA) is 104 Å². The molecule has 0 radical (unpaired) electrons. The summed E-state index contributed by atoms with van der Waals surface area (Å²) in [7, 11) is 0. The minimum absolute atomic E-state index is 0.349. The largest absolute Gasteiger partial charge is 0.480 e. The number of amides is 2. The Morgan fingerprint density at radius 3 is 2.08 bits per heavy atom. The van der Waals surface area contributed by atoms with Crippen LogP contribution in [-0.4, -0.2) is 63.3 Å². The number of hydrogen-bond donors (Lipinski definition) is 1. The van der Waals surface area contributed by atoms with E-state index in [1.165, 1.54) is 18.7 Å². The number of rotatable bonds is 10. The summed E-state index contributed by atoms with van der Waals surface area (Å²) in [6.07, 6.45) is 3.67. The Morgan fingerprint density at radius 2 is 1.65 bits per heavy atom. The van der Waals surface area contributed by atoms with Gasteiger partial charge in [0.15, 0.2) is 0 Å². The van der Waals surface area contributed by atoms with Crippen LogP contribution in [0.2, 0.25) is 0 Å². The van der Waals surface area contributed by atoms with Gasteiger partial charge in [0.25, 0.3) is 5.91 Å². The first kappa shape index (κ1) is 23.4. The SMILES string of the molecule is C=CC(=O)N(CCC)[C@H](C)C(=O)O/C=C/C(=O)N(C(C)C)[C@H](C)C(=O)O. The molecule has 2 atom stereocenters. The lowest BCUT2D eigenvalue weighted by atomic mass is 10.2. The summed E-state index contributed by atoms with van der Waals surface area (Å²) in [5, 5.41) is 9.07. The molecule has 8 nitrogen and oxygen atoms in total. The molecule has 1 N–H and O–H groups in total. The lowest BCUT2D eigenvalue weighted by Crippen LogP contribution is -2.46. The summed E-state index contributed by atoms with van der Waals surface area (Å²) in [5.41, 5.74) is 0. The highest BCUT2D eigenvalue weighted by Crippen LogP contribution is 2.08. The molecule has 0 aliphatic carbocycles. The van der Waals surface area contributed by atoms with Gasteiger partial charge in [-0.25, -0.2) is 9.59 Å². The molecule has 0 saturated heterocycles. The smallest absolute Gasteiger partial charge is 0.333 e. The maximum atomic E-state index is 12.2. The Bertz CT molecular complexity index is 570. The summed E-state index contributed by atoms with van der Waals surface area (Å²) in [6.45, 7) is 11.9. The van der Waals surface area contributed by atoms with Crippen molar-refractivity contribution in [3.05, 3.63) is 25.0 Å². The molecule has 0 fully saturated rings. The number of carbonyl (C=O) groups excluding carboxylic acids is 3. The number of nitrogens with zero attached hydrogens (tertiary/aromatic N) is 2. The maximum Gasteiger partial charge on any atom is 0.333 e. The zero-order valence-electron chi connectivity index (χ0n) is 16.0. The van der Waals surface area contributed by atoms with Crippen LogP contribution in [0.4, 0.5) is 0 Å². The highest BCUT2D eigenvalue weighted by atomic mass is 16.5. The molecule has 0 spiro atoms. The molecule has 0 bridgehead atoms. The lowest BCUT2D eigenvalue weighted by Gasteiger charge is -2.29. The Morgan fingerprint density at radius 1 is 1.08 bits per heavy atom. The second-order valence-electron chi connectivity index (χ2n) is 6.00. The molecular formula is C18H28N2O6. The second-order valence-corrected chi connectivity index (χ2v) is 6.00. The van der Waals surface area contributed by atoms with Crippen molar-refractivity contribution < 1.29 is 29.0 Å². The van der Waals surface area contributed by atoms with Gasteiger partial charge in [-0.05, 0) is 40.2 Å². The van der Waals surface area contributed by atoms with Crippen LogP contribution >= 0.6 is 0 Å². The Kier molecular flexibility index (Phi) is 9.94. The fraction of sp³-hybridized carbons (Fsp3) is 0.556. The van der Waals surface area contributed by atoms with Crippen molar-refractivity contribution in [2.75, 3.05) is 6.54 Å². The van der Waals surface area contributed by atoms with Gasteiger partial charge in [-0.3, -0.25) is 9.59 Å². The Labute approximate surface area is 154 Å². The van der Waals surface area contributed by atoms with Crippen molar-refractivity contribution in [2.45, 2.75) is 59.2 Å². The van der Waals surface area contributed by atoms with E-state index in [2.05, 4.69) is 6.58 Å². The van der Waals surface area contributed by atoms with Gasteiger partial charge in [-0.15, -0.1) is 0 Å². The van der Waals surface area contributed by atoms with Crippen molar-refractivity contribution >= 4 is 23.8 Å². The van der Waals surface area contributed by atoms with E-state index in [4.69, 9.17) is 9.84 Å². The first-order chi connectivity index (χ1) is 12.1. The van der Waals surface area contributed by atoms with Crippen LogP contribution in [-0.2, 0) is 23.9 Å². The molecule has 0 aromatic heterocycles. The van der Waals surface area contributed by atoms with E-state index in [1.807, 2.05) is 6.92 Å². The molecule has 0 aromatic carbocycles. The fourth-order valence-corrected chi connectivity index (χ4v) is 2.34. The molecular weight excluding hydrogens is 340 g/mol. The van der Waals surface area contributed by atoms with Gasteiger partial charge in [0, 0.05) is 18.7 Å². The van der Waals surface area contributed by atoms with E-state index < -0.39 is 35.8 Å². The van der Waals surface area contributed by atoms with E-state index in [-0.39, 0.29) is 6.04 Å². The number of carboxylic acid groups (broad SMARTS) is 1. The summed E-state index contributed by atoms with van der Waals surface area (Å²) in [6, 6.07) is -2.22. The average Bonchev–Trinajstić information content (AvgIpc) is 2.57. The highest BCUT2D eigenvalue weighted by molar-refractivity contribution is 5.92. The van der Waals surface area contributed by atoms with Gasteiger partial charge in [0.2, 0.25) is 5.91 Å². The highest BCUT2D eigenvalue weighted by Gasteiger charge is 2.27. The van der Waals surface area contributed by atoms with Crippen molar-refractivity contribution in [3.8, 4) is 0 Å². The predicted molar refractivity (Wildman–Crippen MR) is 96.0 cm³/mol. The number of aliphatic carboxylic acids is 1. The molecule has 0 aliphatic rings. The third-order valence-corrected chi connectivity index (χ3v) is 3.71. The first-order valence-electron chi connectivity index (χ1n) is 8.43. The molecule has 2 amide bonds. The number of esters is 1. The summed E-state index contributed by atoms with van der Waals surface area (Å²) in [5.74, 6) is -2.83. The number of carboxylic acids is 1. The van der Waals surface area contributed by atoms with Crippen LogP contribution in [0.3, 0.4) is 0 Å². The molecule has 0 aromatic rings. The molecule has 0 saturated carbocycles. The Hall–Kier alpha value is -2.64. The molecule has 26 heavy (non-hydrogen) atoms. The fourth-order valence-electron chi connectivity index (χ4n) is 2.34. The predicted octanol–water partition coefficient (Wildman–Crippen LogP) is 1.57. The van der Waals surface area contributed by atoms with Crippen LogP contribution in [0.5, 0.6) is 0 Å². The van der Waals surface area contributed by atoms with Gasteiger partial charge in [0.1, 0.15) is 12.1 Å². The van der Waals surface area contributed by atoms with Gasteiger partial charge in [-0.1, -0.05) is 13.5 Å². The van der Waals surface area contributed by atoms with E-state index >= 15 is 0 Å². The normalized spacial score (nSPS) is 13.2. The van der Waals surface area contributed by atoms with Gasteiger partial charge >= 0.3 is 11.9 Å². The van der Waals surface area contributed by atoms with Crippen LogP contribution in [0.15, 0.2) is 25.0 Å².